The monoisotopic (exact) mass is 293 g/mol. The highest BCUT2D eigenvalue weighted by Gasteiger charge is 2.15. The summed E-state index contributed by atoms with van der Waals surface area (Å²) in [7, 11) is 1.60. The number of ether oxygens (including phenoxy) is 3. The van der Waals surface area contributed by atoms with Crippen LogP contribution in [0.1, 0.15) is 38.2 Å². The highest BCUT2D eigenvalue weighted by Crippen LogP contribution is 2.28. The second kappa shape index (κ2) is 7.88. The van der Waals surface area contributed by atoms with Gasteiger partial charge in [0.25, 0.3) is 0 Å². The van der Waals surface area contributed by atoms with Crippen LogP contribution in [0.5, 0.6) is 11.5 Å². The molecule has 0 saturated carbocycles. The van der Waals surface area contributed by atoms with Crippen LogP contribution in [0, 0.1) is 0 Å². The van der Waals surface area contributed by atoms with Crippen LogP contribution in [-0.4, -0.2) is 37.3 Å². The van der Waals surface area contributed by atoms with E-state index >= 15 is 0 Å². The van der Waals surface area contributed by atoms with E-state index in [1.165, 1.54) is 6.42 Å². The topological polar surface area (TPSA) is 60.3 Å². The zero-order valence-electron chi connectivity index (χ0n) is 12.7. The fourth-order valence-electron chi connectivity index (χ4n) is 2.43. The second-order valence-electron chi connectivity index (χ2n) is 5.18. The summed E-state index contributed by atoms with van der Waals surface area (Å²) in [6.07, 6.45) is 4.74. The number of rotatable bonds is 7. The van der Waals surface area contributed by atoms with Crippen LogP contribution in [0.3, 0.4) is 0 Å². The molecule has 0 bridgehead atoms. The molecule has 1 unspecified atom stereocenters. The maximum Gasteiger partial charge on any atom is 0.161 e. The Bertz CT molecular complexity index is 481. The van der Waals surface area contributed by atoms with Crippen molar-refractivity contribution in [3.63, 3.8) is 0 Å². The van der Waals surface area contributed by atoms with Crippen molar-refractivity contribution < 1.29 is 19.4 Å². The van der Waals surface area contributed by atoms with E-state index in [0.717, 1.165) is 31.4 Å². The first-order valence-electron chi connectivity index (χ1n) is 7.36. The normalized spacial score (nSPS) is 18.8. The van der Waals surface area contributed by atoms with Crippen molar-refractivity contribution in [2.24, 2.45) is 5.16 Å². The molecule has 0 spiro atoms. The number of benzene rings is 1. The summed E-state index contributed by atoms with van der Waals surface area (Å²) in [6, 6.07) is 5.51. The van der Waals surface area contributed by atoms with Crippen LogP contribution in [0.15, 0.2) is 23.4 Å². The average molecular weight is 293 g/mol. The summed E-state index contributed by atoms with van der Waals surface area (Å²) in [6.45, 7) is 3.27. The third-order valence-corrected chi connectivity index (χ3v) is 3.68. The van der Waals surface area contributed by atoms with Crippen molar-refractivity contribution in [1.82, 2.24) is 0 Å². The molecule has 0 aliphatic carbocycles. The molecule has 1 aromatic carbocycles. The SMILES string of the molecule is COc1cc(C(C)=NO)ccc1OCCCC1CCCO1. The first-order valence-corrected chi connectivity index (χ1v) is 7.36. The zero-order chi connectivity index (χ0) is 15.1. The molecule has 1 aliphatic heterocycles. The largest absolute Gasteiger partial charge is 0.493 e. The summed E-state index contributed by atoms with van der Waals surface area (Å²) in [4.78, 5) is 0. The summed E-state index contributed by atoms with van der Waals surface area (Å²) < 4.78 is 16.7. The van der Waals surface area contributed by atoms with Crippen LogP contribution in [0.25, 0.3) is 0 Å². The minimum Gasteiger partial charge on any atom is -0.493 e. The van der Waals surface area contributed by atoms with Crippen LogP contribution in [-0.2, 0) is 4.74 Å². The third kappa shape index (κ3) is 4.36. The Balaban J connectivity index is 1.87. The van der Waals surface area contributed by atoms with Crippen molar-refractivity contribution in [2.75, 3.05) is 20.3 Å². The van der Waals surface area contributed by atoms with Gasteiger partial charge in [0, 0.05) is 12.2 Å². The third-order valence-electron chi connectivity index (χ3n) is 3.68. The van der Waals surface area contributed by atoms with Gasteiger partial charge < -0.3 is 19.4 Å². The lowest BCUT2D eigenvalue weighted by atomic mass is 10.1. The smallest absolute Gasteiger partial charge is 0.161 e. The minimum atomic E-state index is 0.404. The van der Waals surface area contributed by atoms with Gasteiger partial charge in [-0.15, -0.1) is 0 Å². The van der Waals surface area contributed by atoms with Gasteiger partial charge in [-0.05, 0) is 50.8 Å². The number of oxime groups is 1. The first-order chi connectivity index (χ1) is 10.2. The maximum atomic E-state index is 8.80. The van der Waals surface area contributed by atoms with E-state index in [1.807, 2.05) is 18.2 Å². The van der Waals surface area contributed by atoms with Crippen LogP contribution in [0.2, 0.25) is 0 Å². The Morgan fingerprint density at radius 2 is 2.29 bits per heavy atom. The van der Waals surface area contributed by atoms with E-state index in [4.69, 9.17) is 19.4 Å². The predicted molar refractivity (Wildman–Crippen MR) is 80.7 cm³/mol. The predicted octanol–water partition coefficient (Wildman–Crippen LogP) is 3.23. The molecule has 5 heteroatoms. The summed E-state index contributed by atoms with van der Waals surface area (Å²) in [5.74, 6) is 1.35. The molecule has 116 valence electrons. The second-order valence-corrected chi connectivity index (χ2v) is 5.18. The van der Waals surface area contributed by atoms with E-state index in [9.17, 15) is 0 Å². The summed E-state index contributed by atoms with van der Waals surface area (Å²) >= 11 is 0. The Morgan fingerprint density at radius 3 is 2.95 bits per heavy atom. The number of hydrogen-bond acceptors (Lipinski definition) is 5. The van der Waals surface area contributed by atoms with Gasteiger partial charge in [0.15, 0.2) is 11.5 Å². The molecule has 5 nitrogen and oxygen atoms in total. The number of methoxy groups -OCH3 is 1. The minimum absolute atomic E-state index is 0.404. The Hall–Kier alpha value is -1.75. The molecule has 1 aromatic rings. The lowest BCUT2D eigenvalue weighted by Crippen LogP contribution is -2.08. The van der Waals surface area contributed by atoms with Gasteiger partial charge in [0.05, 0.1) is 25.5 Å². The van der Waals surface area contributed by atoms with E-state index in [0.29, 0.717) is 29.9 Å². The molecule has 0 amide bonds. The van der Waals surface area contributed by atoms with Crippen molar-refractivity contribution >= 4 is 5.71 Å². The summed E-state index contributed by atoms with van der Waals surface area (Å²) in [5.41, 5.74) is 1.35. The lowest BCUT2D eigenvalue weighted by Gasteiger charge is -2.13. The molecule has 1 N–H and O–H groups in total. The Morgan fingerprint density at radius 1 is 1.43 bits per heavy atom. The molecule has 1 fully saturated rings. The summed E-state index contributed by atoms with van der Waals surface area (Å²) in [5, 5.41) is 12.0. The van der Waals surface area contributed by atoms with Gasteiger partial charge in [-0.25, -0.2) is 0 Å². The van der Waals surface area contributed by atoms with Crippen molar-refractivity contribution in [3.8, 4) is 11.5 Å². The molecule has 1 aliphatic rings. The van der Waals surface area contributed by atoms with Gasteiger partial charge in [-0.2, -0.15) is 0 Å². The first kappa shape index (κ1) is 15.6. The average Bonchev–Trinajstić information content (AvgIpc) is 3.04. The molecule has 0 aromatic heterocycles. The van der Waals surface area contributed by atoms with Crippen LogP contribution in [0.4, 0.5) is 0 Å². The van der Waals surface area contributed by atoms with Gasteiger partial charge >= 0.3 is 0 Å². The molecule has 1 atom stereocenters. The quantitative estimate of drug-likeness (QED) is 0.363. The van der Waals surface area contributed by atoms with Gasteiger partial charge in [0.1, 0.15) is 0 Å². The fraction of sp³-hybridized carbons (Fsp3) is 0.562. The van der Waals surface area contributed by atoms with E-state index in [2.05, 4.69) is 5.16 Å². The zero-order valence-corrected chi connectivity index (χ0v) is 12.7. The maximum absolute atomic E-state index is 8.80. The Kier molecular flexibility index (Phi) is 5.87. The molecule has 1 heterocycles. The highest BCUT2D eigenvalue weighted by molar-refractivity contribution is 5.98. The van der Waals surface area contributed by atoms with Crippen molar-refractivity contribution in [1.29, 1.82) is 0 Å². The molecule has 2 rings (SSSR count). The fourth-order valence-corrected chi connectivity index (χ4v) is 2.43. The van der Waals surface area contributed by atoms with Crippen LogP contribution < -0.4 is 9.47 Å². The lowest BCUT2D eigenvalue weighted by molar-refractivity contribution is 0.0980. The van der Waals surface area contributed by atoms with E-state index < -0.39 is 0 Å². The van der Waals surface area contributed by atoms with Crippen LogP contribution >= 0.6 is 0 Å². The molecule has 0 radical (unpaired) electrons. The molecular formula is C16H23NO4. The Labute approximate surface area is 125 Å². The van der Waals surface area contributed by atoms with E-state index in [1.54, 1.807) is 14.0 Å². The highest BCUT2D eigenvalue weighted by atomic mass is 16.5. The van der Waals surface area contributed by atoms with Gasteiger partial charge in [-0.3, -0.25) is 0 Å². The number of nitrogens with zero attached hydrogens (tertiary/aromatic N) is 1. The van der Waals surface area contributed by atoms with E-state index in [-0.39, 0.29) is 0 Å². The number of hydrogen-bond donors (Lipinski definition) is 1. The molecule has 1 saturated heterocycles. The molecule has 21 heavy (non-hydrogen) atoms. The molecular weight excluding hydrogens is 270 g/mol. The van der Waals surface area contributed by atoms with Gasteiger partial charge in [0.2, 0.25) is 0 Å². The van der Waals surface area contributed by atoms with Crippen molar-refractivity contribution in [2.45, 2.75) is 38.7 Å². The standard InChI is InChI=1S/C16H23NO4/c1-12(17-18)13-7-8-15(16(11-13)19-2)21-10-4-6-14-5-3-9-20-14/h7-8,11,14,18H,3-6,9-10H2,1-2H3. The van der Waals surface area contributed by atoms with Gasteiger partial charge in [-0.1, -0.05) is 5.16 Å². The van der Waals surface area contributed by atoms with Crippen molar-refractivity contribution in [3.05, 3.63) is 23.8 Å².